The normalized spacial score (nSPS) is 11.4. The number of benzene rings is 2. The Morgan fingerprint density at radius 2 is 1.65 bits per heavy atom. The van der Waals surface area contributed by atoms with Crippen molar-refractivity contribution in [2.45, 2.75) is 33.1 Å². The molecule has 0 spiro atoms. The van der Waals surface area contributed by atoms with Gasteiger partial charge in [0.25, 0.3) is 0 Å². The average Bonchev–Trinajstić information content (AvgIpc) is 2.37. The summed E-state index contributed by atoms with van der Waals surface area (Å²) < 4.78 is 13.7. The molecule has 106 valence electrons. The number of nitrogens with one attached hydrogen (secondary N) is 1. The first kappa shape index (κ1) is 14.8. The molecule has 2 aromatic rings. The van der Waals surface area contributed by atoms with Gasteiger partial charge in [-0.05, 0) is 30.2 Å². The molecule has 1 nitrogen and oxygen atoms in total. The molecule has 0 bridgehead atoms. The van der Waals surface area contributed by atoms with Crippen LogP contribution in [0.5, 0.6) is 0 Å². The highest BCUT2D eigenvalue weighted by Crippen LogP contribution is 2.16. The van der Waals surface area contributed by atoms with E-state index in [1.807, 2.05) is 13.0 Å². The molecule has 3 heteroatoms. The summed E-state index contributed by atoms with van der Waals surface area (Å²) in [4.78, 5) is 0. The fraction of sp³-hybridized carbons (Fsp3) is 0.294. The maximum absolute atomic E-state index is 13.7. The van der Waals surface area contributed by atoms with E-state index < -0.39 is 8.07 Å². The lowest BCUT2D eigenvalue weighted by Gasteiger charge is -2.17. The summed E-state index contributed by atoms with van der Waals surface area (Å²) in [7, 11) is -1.24. The molecule has 0 heterocycles. The Labute approximate surface area is 121 Å². The van der Waals surface area contributed by atoms with Crippen LogP contribution in [0.1, 0.15) is 11.1 Å². The third-order valence-electron chi connectivity index (χ3n) is 3.43. The van der Waals surface area contributed by atoms with E-state index in [1.54, 1.807) is 12.1 Å². The van der Waals surface area contributed by atoms with Gasteiger partial charge in [-0.2, -0.15) is 0 Å². The van der Waals surface area contributed by atoms with Gasteiger partial charge in [-0.25, -0.2) is 4.39 Å². The molecule has 2 rings (SSSR count). The summed E-state index contributed by atoms with van der Waals surface area (Å²) in [5.41, 5.74) is 2.67. The molecule has 0 aromatic heterocycles. The largest absolute Gasteiger partial charge is 0.379 e. The Morgan fingerprint density at radius 3 is 2.20 bits per heavy atom. The number of halogens is 1. The van der Waals surface area contributed by atoms with Crippen LogP contribution >= 0.6 is 0 Å². The molecule has 0 amide bonds. The molecule has 0 aliphatic heterocycles. The van der Waals surface area contributed by atoms with Crippen molar-refractivity contribution >= 4 is 18.9 Å². The van der Waals surface area contributed by atoms with E-state index in [-0.39, 0.29) is 5.82 Å². The number of hydrogen-bond donors (Lipinski definition) is 1. The number of aryl methyl sites for hydroxylation is 1. The van der Waals surface area contributed by atoms with Crippen molar-refractivity contribution in [1.82, 2.24) is 0 Å². The fourth-order valence-electron chi connectivity index (χ4n) is 2.08. The Morgan fingerprint density at radius 1 is 1.00 bits per heavy atom. The first-order valence-electron chi connectivity index (χ1n) is 6.96. The summed E-state index contributed by atoms with van der Waals surface area (Å²) in [5, 5.41) is 4.60. The monoisotopic (exact) mass is 287 g/mol. The second-order valence-corrected chi connectivity index (χ2v) is 11.4. The maximum atomic E-state index is 13.7. The van der Waals surface area contributed by atoms with Gasteiger partial charge in [0, 0.05) is 6.54 Å². The molecule has 0 unspecified atom stereocenters. The maximum Gasteiger partial charge on any atom is 0.146 e. The minimum absolute atomic E-state index is 0.191. The number of anilines is 1. The van der Waals surface area contributed by atoms with Gasteiger partial charge in [0.05, 0.1) is 13.8 Å². The van der Waals surface area contributed by atoms with Crippen LogP contribution in [0, 0.1) is 12.7 Å². The van der Waals surface area contributed by atoms with Gasteiger partial charge >= 0.3 is 0 Å². The molecule has 0 saturated carbocycles. The second kappa shape index (κ2) is 5.79. The highest BCUT2D eigenvalue weighted by Gasteiger charge is 2.15. The molecule has 0 fully saturated rings. The smallest absolute Gasteiger partial charge is 0.146 e. The first-order valence-corrected chi connectivity index (χ1v) is 10.5. The van der Waals surface area contributed by atoms with Crippen LogP contribution in [0.4, 0.5) is 10.1 Å². The van der Waals surface area contributed by atoms with Crippen molar-refractivity contribution in [1.29, 1.82) is 0 Å². The van der Waals surface area contributed by atoms with Gasteiger partial charge in [0.2, 0.25) is 0 Å². The lowest BCUT2D eigenvalue weighted by atomic mass is 10.2. The van der Waals surface area contributed by atoms with Gasteiger partial charge in [-0.1, -0.05) is 55.2 Å². The van der Waals surface area contributed by atoms with Gasteiger partial charge in [-0.15, -0.1) is 0 Å². The van der Waals surface area contributed by atoms with Crippen molar-refractivity contribution < 1.29 is 4.39 Å². The molecule has 2 aromatic carbocycles. The van der Waals surface area contributed by atoms with Crippen LogP contribution in [0.15, 0.2) is 42.5 Å². The lowest BCUT2D eigenvalue weighted by Crippen LogP contribution is -2.37. The lowest BCUT2D eigenvalue weighted by molar-refractivity contribution is 0.629. The molecular formula is C17H22FNSi. The van der Waals surface area contributed by atoms with Gasteiger partial charge in [0.1, 0.15) is 5.82 Å². The molecule has 20 heavy (non-hydrogen) atoms. The van der Waals surface area contributed by atoms with Crippen LogP contribution < -0.4 is 10.5 Å². The predicted octanol–water partition coefficient (Wildman–Crippen LogP) is 4.29. The minimum atomic E-state index is -1.24. The Hall–Kier alpha value is -1.61. The summed E-state index contributed by atoms with van der Waals surface area (Å²) in [6.07, 6.45) is 0. The van der Waals surface area contributed by atoms with Crippen LogP contribution in [0.25, 0.3) is 0 Å². The molecule has 0 aliphatic rings. The van der Waals surface area contributed by atoms with Crippen molar-refractivity contribution in [2.75, 3.05) is 5.32 Å². The zero-order valence-corrected chi connectivity index (χ0v) is 13.6. The Bertz CT molecular complexity index is 585. The molecule has 1 N–H and O–H groups in total. The highest BCUT2D eigenvalue weighted by molar-refractivity contribution is 6.88. The molecule has 0 radical (unpaired) electrons. The molecule has 0 saturated heterocycles. The third kappa shape index (κ3) is 3.70. The third-order valence-corrected chi connectivity index (χ3v) is 5.49. The topological polar surface area (TPSA) is 12.0 Å². The number of hydrogen-bond acceptors (Lipinski definition) is 1. The summed E-state index contributed by atoms with van der Waals surface area (Å²) in [5.74, 6) is -0.191. The standard InChI is InChI=1S/C17H22FNSi/c1-13-5-10-17(16(18)11-13)19-12-14-6-8-15(9-7-14)20(2,3)4/h5-11,19H,12H2,1-4H3. The summed E-state index contributed by atoms with van der Waals surface area (Å²) in [6.45, 7) is 9.54. The SMILES string of the molecule is Cc1ccc(NCc2ccc([Si](C)(C)C)cc2)c(F)c1. The zero-order chi connectivity index (χ0) is 14.8. The quantitative estimate of drug-likeness (QED) is 0.827. The predicted molar refractivity (Wildman–Crippen MR) is 87.9 cm³/mol. The Kier molecular flexibility index (Phi) is 4.28. The van der Waals surface area contributed by atoms with Crippen LogP contribution in [0.2, 0.25) is 19.6 Å². The van der Waals surface area contributed by atoms with Gasteiger partial charge < -0.3 is 5.32 Å². The minimum Gasteiger partial charge on any atom is -0.379 e. The van der Waals surface area contributed by atoms with E-state index >= 15 is 0 Å². The van der Waals surface area contributed by atoms with E-state index in [4.69, 9.17) is 0 Å². The summed E-state index contributed by atoms with van der Waals surface area (Å²) >= 11 is 0. The van der Waals surface area contributed by atoms with Crippen molar-refractivity contribution in [3.8, 4) is 0 Å². The van der Waals surface area contributed by atoms with Crippen molar-refractivity contribution in [3.63, 3.8) is 0 Å². The van der Waals surface area contributed by atoms with Crippen LogP contribution in [-0.2, 0) is 6.54 Å². The fourth-order valence-corrected chi connectivity index (χ4v) is 3.25. The van der Waals surface area contributed by atoms with E-state index in [9.17, 15) is 4.39 Å². The van der Waals surface area contributed by atoms with Crippen molar-refractivity contribution in [3.05, 3.63) is 59.4 Å². The first-order chi connectivity index (χ1) is 9.36. The zero-order valence-electron chi connectivity index (χ0n) is 12.6. The highest BCUT2D eigenvalue weighted by atomic mass is 28.3. The molecule has 0 aliphatic carbocycles. The number of rotatable bonds is 4. The van der Waals surface area contributed by atoms with Crippen molar-refractivity contribution in [2.24, 2.45) is 0 Å². The molecule has 0 atom stereocenters. The van der Waals surface area contributed by atoms with E-state index in [1.165, 1.54) is 10.8 Å². The van der Waals surface area contributed by atoms with E-state index in [0.717, 1.165) is 5.56 Å². The van der Waals surface area contributed by atoms with E-state index in [0.29, 0.717) is 12.2 Å². The summed E-state index contributed by atoms with van der Waals surface area (Å²) in [6, 6.07) is 13.9. The average molecular weight is 287 g/mol. The van der Waals surface area contributed by atoms with Crippen LogP contribution in [-0.4, -0.2) is 8.07 Å². The van der Waals surface area contributed by atoms with E-state index in [2.05, 4.69) is 49.2 Å². The van der Waals surface area contributed by atoms with Gasteiger partial charge in [0.15, 0.2) is 0 Å². The Balaban J connectivity index is 2.04. The molecular weight excluding hydrogens is 265 g/mol. The second-order valence-electron chi connectivity index (χ2n) is 6.28. The van der Waals surface area contributed by atoms with Crippen LogP contribution in [0.3, 0.4) is 0 Å². The van der Waals surface area contributed by atoms with Gasteiger partial charge in [-0.3, -0.25) is 0 Å².